The molecule has 0 spiro atoms. The van der Waals surface area contributed by atoms with E-state index in [0.717, 1.165) is 6.42 Å². The molecule has 2 heteroatoms. The zero-order valence-corrected chi connectivity index (χ0v) is 9.64. The highest BCUT2D eigenvalue weighted by atomic mass is 16.4. The molecular formula is C13H19NO. The maximum atomic E-state index is 8.40. The van der Waals surface area contributed by atoms with Gasteiger partial charge in [-0.15, -0.1) is 5.16 Å². The zero-order valence-electron chi connectivity index (χ0n) is 9.64. The molecule has 0 saturated carbocycles. The summed E-state index contributed by atoms with van der Waals surface area (Å²) in [6.45, 7) is 6.42. The summed E-state index contributed by atoms with van der Waals surface area (Å²) < 4.78 is 0. The van der Waals surface area contributed by atoms with Crippen LogP contribution >= 0.6 is 0 Å². The molecule has 0 aromatic heterocycles. The number of rotatable bonds is 4. The Kier molecular flexibility index (Phi) is 4.35. The van der Waals surface area contributed by atoms with Crippen LogP contribution in [0.3, 0.4) is 0 Å². The molecule has 0 saturated heterocycles. The van der Waals surface area contributed by atoms with Crippen molar-refractivity contribution in [1.82, 2.24) is 0 Å². The van der Waals surface area contributed by atoms with E-state index >= 15 is 0 Å². The Hall–Kier alpha value is -1.31. The molecular weight excluding hydrogens is 186 g/mol. The minimum Gasteiger partial charge on any atom is -0.411 e. The highest BCUT2D eigenvalue weighted by molar-refractivity contribution is 5.59. The van der Waals surface area contributed by atoms with E-state index in [4.69, 9.17) is 5.21 Å². The van der Waals surface area contributed by atoms with Gasteiger partial charge >= 0.3 is 0 Å². The quantitative estimate of drug-likeness (QED) is 0.456. The van der Waals surface area contributed by atoms with Crippen molar-refractivity contribution in [3.05, 3.63) is 35.4 Å². The van der Waals surface area contributed by atoms with Crippen molar-refractivity contribution in [3.63, 3.8) is 0 Å². The molecule has 2 nitrogen and oxygen atoms in total. The average Bonchev–Trinajstić information content (AvgIpc) is 2.18. The predicted octanol–water partition coefficient (Wildman–Crippen LogP) is 3.45. The van der Waals surface area contributed by atoms with Crippen LogP contribution in [0.4, 0.5) is 0 Å². The maximum absolute atomic E-state index is 8.40. The molecule has 1 aromatic carbocycles. The number of hydrogen-bond donors (Lipinski definition) is 1. The average molecular weight is 205 g/mol. The minimum atomic E-state index is 0.278. The fraction of sp³-hybridized carbons (Fsp3) is 0.462. The smallest absolute Gasteiger partial charge is 0.0467 e. The van der Waals surface area contributed by atoms with Gasteiger partial charge in [0.25, 0.3) is 0 Å². The van der Waals surface area contributed by atoms with Gasteiger partial charge in [0.15, 0.2) is 0 Å². The van der Waals surface area contributed by atoms with E-state index in [2.05, 4.69) is 43.3 Å². The fourth-order valence-electron chi connectivity index (χ4n) is 1.58. The number of hydrogen-bond acceptors (Lipinski definition) is 2. The molecule has 1 unspecified atom stereocenters. The van der Waals surface area contributed by atoms with Crippen LogP contribution in [0.5, 0.6) is 0 Å². The number of nitrogens with zero attached hydrogens (tertiary/aromatic N) is 1. The predicted molar refractivity (Wildman–Crippen MR) is 63.7 cm³/mol. The molecule has 1 aromatic rings. The van der Waals surface area contributed by atoms with Crippen LogP contribution in [0.15, 0.2) is 29.4 Å². The molecule has 0 fully saturated rings. The lowest BCUT2D eigenvalue weighted by Crippen LogP contribution is -2.01. The summed E-state index contributed by atoms with van der Waals surface area (Å²) in [5.74, 6) is 0.857. The first kappa shape index (κ1) is 11.8. The Morgan fingerprint density at radius 3 is 2.27 bits per heavy atom. The molecule has 0 bridgehead atoms. The van der Waals surface area contributed by atoms with Crippen molar-refractivity contribution >= 4 is 6.21 Å². The van der Waals surface area contributed by atoms with Gasteiger partial charge in [-0.05, 0) is 29.4 Å². The first-order chi connectivity index (χ1) is 7.13. The normalized spacial score (nSPS) is 13.6. The van der Waals surface area contributed by atoms with Gasteiger partial charge in [-0.25, -0.2) is 0 Å². The van der Waals surface area contributed by atoms with Gasteiger partial charge in [0.05, 0.1) is 0 Å². The monoisotopic (exact) mass is 205 g/mol. The van der Waals surface area contributed by atoms with Gasteiger partial charge in [-0.2, -0.15) is 0 Å². The van der Waals surface area contributed by atoms with E-state index in [9.17, 15) is 0 Å². The van der Waals surface area contributed by atoms with E-state index in [1.54, 1.807) is 6.21 Å². The highest BCUT2D eigenvalue weighted by Gasteiger charge is 2.02. The lowest BCUT2D eigenvalue weighted by molar-refractivity contribution is 0.318. The largest absolute Gasteiger partial charge is 0.411 e. The molecule has 1 rings (SSSR count). The topological polar surface area (TPSA) is 32.6 Å². The molecule has 1 atom stereocenters. The molecule has 0 radical (unpaired) electrons. The summed E-state index contributed by atoms with van der Waals surface area (Å²) in [7, 11) is 0. The van der Waals surface area contributed by atoms with Gasteiger partial charge in [-0.1, -0.05) is 45.0 Å². The van der Waals surface area contributed by atoms with E-state index in [0.29, 0.717) is 5.92 Å². The van der Waals surface area contributed by atoms with E-state index in [1.165, 1.54) is 11.1 Å². The summed E-state index contributed by atoms with van der Waals surface area (Å²) >= 11 is 0. The van der Waals surface area contributed by atoms with Crippen LogP contribution in [0, 0.1) is 5.92 Å². The van der Waals surface area contributed by atoms with Gasteiger partial charge in [0, 0.05) is 6.21 Å². The standard InChI is InChI=1S/C13H19NO/c1-10(2)13-6-4-12(5-7-13)8-11(3)9-14-15/h4-7,9-11,15H,8H2,1-3H3. The van der Waals surface area contributed by atoms with Crippen LogP contribution in [0.25, 0.3) is 0 Å². The Bertz CT molecular complexity index is 314. The third kappa shape index (κ3) is 3.74. The first-order valence-electron chi connectivity index (χ1n) is 5.40. The van der Waals surface area contributed by atoms with Gasteiger partial charge < -0.3 is 5.21 Å². The molecule has 0 amide bonds. The molecule has 0 aliphatic carbocycles. The van der Waals surface area contributed by atoms with Gasteiger partial charge in [0.1, 0.15) is 0 Å². The second-order valence-electron chi connectivity index (χ2n) is 4.34. The number of oxime groups is 1. The number of benzene rings is 1. The Morgan fingerprint density at radius 1 is 1.20 bits per heavy atom. The Labute approximate surface area is 91.6 Å². The van der Waals surface area contributed by atoms with Crippen LogP contribution in [-0.2, 0) is 6.42 Å². The van der Waals surface area contributed by atoms with Crippen molar-refractivity contribution in [3.8, 4) is 0 Å². The van der Waals surface area contributed by atoms with Gasteiger partial charge in [-0.3, -0.25) is 0 Å². The molecule has 1 N–H and O–H groups in total. The van der Waals surface area contributed by atoms with Crippen LogP contribution in [0.1, 0.15) is 37.8 Å². The van der Waals surface area contributed by atoms with Crippen LogP contribution in [-0.4, -0.2) is 11.4 Å². The van der Waals surface area contributed by atoms with E-state index in [1.807, 2.05) is 6.92 Å². The molecule has 82 valence electrons. The molecule has 0 heterocycles. The third-order valence-corrected chi connectivity index (χ3v) is 2.53. The fourth-order valence-corrected chi connectivity index (χ4v) is 1.58. The molecule has 0 aliphatic rings. The lowest BCUT2D eigenvalue weighted by atomic mass is 9.97. The highest BCUT2D eigenvalue weighted by Crippen LogP contribution is 2.16. The summed E-state index contributed by atoms with van der Waals surface area (Å²) in [6.07, 6.45) is 2.48. The van der Waals surface area contributed by atoms with Crippen molar-refractivity contribution in [2.45, 2.75) is 33.1 Å². The minimum absolute atomic E-state index is 0.278. The van der Waals surface area contributed by atoms with Crippen molar-refractivity contribution < 1.29 is 5.21 Å². The second-order valence-corrected chi connectivity index (χ2v) is 4.34. The summed E-state index contributed by atoms with van der Waals surface area (Å²) in [6, 6.07) is 8.64. The maximum Gasteiger partial charge on any atom is 0.0467 e. The molecule has 15 heavy (non-hydrogen) atoms. The SMILES string of the molecule is CC(C=NO)Cc1ccc(C(C)C)cc1. The third-order valence-electron chi connectivity index (χ3n) is 2.53. The lowest BCUT2D eigenvalue weighted by Gasteiger charge is -2.08. The molecule has 0 aliphatic heterocycles. The summed E-state index contributed by atoms with van der Waals surface area (Å²) in [4.78, 5) is 0. The zero-order chi connectivity index (χ0) is 11.3. The summed E-state index contributed by atoms with van der Waals surface area (Å²) in [5.41, 5.74) is 2.65. The van der Waals surface area contributed by atoms with Crippen molar-refractivity contribution in [2.24, 2.45) is 11.1 Å². The Morgan fingerprint density at radius 2 is 1.80 bits per heavy atom. The second kappa shape index (κ2) is 5.54. The summed E-state index contributed by atoms with van der Waals surface area (Å²) in [5, 5.41) is 11.5. The first-order valence-corrected chi connectivity index (χ1v) is 5.40. The van der Waals surface area contributed by atoms with Crippen LogP contribution in [0.2, 0.25) is 0 Å². The Balaban J connectivity index is 2.64. The van der Waals surface area contributed by atoms with E-state index < -0.39 is 0 Å². The van der Waals surface area contributed by atoms with Crippen molar-refractivity contribution in [1.29, 1.82) is 0 Å². The van der Waals surface area contributed by atoms with Crippen molar-refractivity contribution in [2.75, 3.05) is 0 Å². The van der Waals surface area contributed by atoms with E-state index in [-0.39, 0.29) is 5.92 Å². The van der Waals surface area contributed by atoms with Crippen LogP contribution < -0.4 is 0 Å². The van der Waals surface area contributed by atoms with Gasteiger partial charge in [0.2, 0.25) is 0 Å².